The molecule has 1 aliphatic heterocycles. The number of fused-ring (bicyclic) bond motifs is 1. The molecule has 0 spiro atoms. The van der Waals surface area contributed by atoms with Crippen LogP contribution in [0.1, 0.15) is 35.4 Å². The van der Waals surface area contributed by atoms with Gasteiger partial charge in [0.2, 0.25) is 5.95 Å². The number of rotatable bonds is 9. The Kier molecular flexibility index (Phi) is 8.40. The van der Waals surface area contributed by atoms with Crippen LogP contribution in [0.25, 0.3) is 0 Å². The van der Waals surface area contributed by atoms with Gasteiger partial charge in [-0.15, -0.1) is 0 Å². The zero-order valence-electron chi connectivity index (χ0n) is 21.3. The molecule has 1 atom stereocenters. The molecule has 2 amide bonds. The van der Waals surface area contributed by atoms with Crippen LogP contribution in [0.4, 0.5) is 22.2 Å². The summed E-state index contributed by atoms with van der Waals surface area (Å²) in [5.74, 6) is 1.44. The molecule has 0 bridgehead atoms. The lowest BCUT2D eigenvalue weighted by Gasteiger charge is -2.26. The molecule has 2 heterocycles. The van der Waals surface area contributed by atoms with Crippen LogP contribution in [-0.4, -0.2) is 62.3 Å². The summed E-state index contributed by atoms with van der Waals surface area (Å²) in [4.78, 5) is 37.8. The Morgan fingerprint density at radius 2 is 1.86 bits per heavy atom. The van der Waals surface area contributed by atoms with Crippen molar-refractivity contribution in [1.82, 2.24) is 15.3 Å². The van der Waals surface area contributed by atoms with Crippen LogP contribution in [0.5, 0.6) is 5.75 Å². The number of nitrogens with zero attached hydrogens (tertiary/aromatic N) is 4. The van der Waals surface area contributed by atoms with Gasteiger partial charge in [-0.05, 0) is 24.6 Å². The highest BCUT2D eigenvalue weighted by Crippen LogP contribution is 2.35. The molecule has 10 heteroatoms. The predicted molar refractivity (Wildman–Crippen MR) is 142 cm³/mol. The van der Waals surface area contributed by atoms with Crippen molar-refractivity contribution >= 4 is 29.5 Å². The quantitative estimate of drug-likeness (QED) is 0.452. The lowest BCUT2D eigenvalue weighted by molar-refractivity contribution is 0.0984. The number of carbonyl (C=O) groups is 2. The zero-order valence-corrected chi connectivity index (χ0v) is 21.3. The first-order chi connectivity index (χ1) is 18.0. The molecule has 2 aromatic carbocycles. The number of anilines is 3. The van der Waals surface area contributed by atoms with Gasteiger partial charge in [0.25, 0.3) is 5.91 Å². The maximum Gasteiger partial charge on any atom is 0.406 e. The lowest BCUT2D eigenvalue weighted by atomic mass is 10.1. The van der Waals surface area contributed by atoms with Crippen molar-refractivity contribution in [3.63, 3.8) is 0 Å². The standard InChI is InChI=1S/C27H32N6O4/c1-4-29-26-30-18-20-24(31-26)32(3)15-16-33(25(20)34)21-12-8-9-13-23(21)37-22(14-17-36-27(35)28-2)19-10-6-5-7-11-19/h5-13,18,22H,4,14-17H2,1-3H3,(H,28,35)(H,29,30,31). The van der Waals surface area contributed by atoms with Crippen LogP contribution in [-0.2, 0) is 4.74 Å². The number of benzene rings is 2. The zero-order chi connectivity index (χ0) is 26.2. The lowest BCUT2D eigenvalue weighted by Crippen LogP contribution is -2.34. The minimum Gasteiger partial charge on any atom is -0.483 e. The largest absolute Gasteiger partial charge is 0.483 e. The van der Waals surface area contributed by atoms with Crippen LogP contribution < -0.4 is 25.2 Å². The molecule has 0 saturated heterocycles. The van der Waals surface area contributed by atoms with E-state index in [0.717, 1.165) is 5.56 Å². The minimum atomic E-state index is -0.496. The van der Waals surface area contributed by atoms with Crippen molar-refractivity contribution in [1.29, 1.82) is 0 Å². The summed E-state index contributed by atoms with van der Waals surface area (Å²) in [7, 11) is 3.43. The third-order valence-electron chi connectivity index (χ3n) is 6.01. The van der Waals surface area contributed by atoms with Gasteiger partial charge in [-0.3, -0.25) is 4.79 Å². The van der Waals surface area contributed by atoms with E-state index in [2.05, 4.69) is 20.6 Å². The van der Waals surface area contributed by atoms with Gasteiger partial charge >= 0.3 is 6.09 Å². The van der Waals surface area contributed by atoms with Crippen molar-refractivity contribution in [3.8, 4) is 5.75 Å². The minimum absolute atomic E-state index is 0.174. The van der Waals surface area contributed by atoms with Gasteiger partial charge in [0.05, 0.1) is 12.3 Å². The number of alkyl carbamates (subject to hydrolysis) is 1. The van der Waals surface area contributed by atoms with Crippen molar-refractivity contribution < 1.29 is 19.1 Å². The smallest absolute Gasteiger partial charge is 0.406 e. The first-order valence-electron chi connectivity index (χ1n) is 12.3. The fourth-order valence-electron chi connectivity index (χ4n) is 4.12. The summed E-state index contributed by atoms with van der Waals surface area (Å²) in [5.41, 5.74) is 2.02. The van der Waals surface area contributed by atoms with E-state index >= 15 is 0 Å². The summed E-state index contributed by atoms with van der Waals surface area (Å²) < 4.78 is 11.7. The molecule has 1 unspecified atom stereocenters. The molecule has 2 N–H and O–H groups in total. The molecule has 10 nitrogen and oxygen atoms in total. The van der Waals surface area contributed by atoms with Crippen molar-refractivity contribution in [2.45, 2.75) is 19.4 Å². The second-order valence-corrected chi connectivity index (χ2v) is 8.50. The summed E-state index contributed by atoms with van der Waals surface area (Å²) in [6, 6.07) is 17.2. The third-order valence-corrected chi connectivity index (χ3v) is 6.01. The van der Waals surface area contributed by atoms with Gasteiger partial charge in [0.1, 0.15) is 23.2 Å². The van der Waals surface area contributed by atoms with Crippen molar-refractivity contribution in [3.05, 3.63) is 71.9 Å². The summed E-state index contributed by atoms with van der Waals surface area (Å²) in [6.07, 6.45) is 1.12. The fraction of sp³-hybridized carbons (Fsp3) is 0.333. The number of para-hydroxylation sites is 2. The summed E-state index contributed by atoms with van der Waals surface area (Å²) in [6.45, 7) is 3.85. The van der Waals surface area contributed by atoms with Crippen LogP contribution in [0.15, 0.2) is 60.8 Å². The van der Waals surface area contributed by atoms with Gasteiger partial charge < -0.3 is 29.9 Å². The van der Waals surface area contributed by atoms with Crippen LogP contribution in [0.2, 0.25) is 0 Å². The van der Waals surface area contributed by atoms with E-state index in [1.165, 1.54) is 7.05 Å². The summed E-state index contributed by atoms with van der Waals surface area (Å²) >= 11 is 0. The highest BCUT2D eigenvalue weighted by atomic mass is 16.5. The van der Waals surface area contributed by atoms with E-state index < -0.39 is 12.2 Å². The molecule has 1 aromatic heterocycles. The Balaban J connectivity index is 1.63. The number of carbonyl (C=O) groups excluding carboxylic acids is 2. The monoisotopic (exact) mass is 504 g/mol. The first kappa shape index (κ1) is 25.7. The average Bonchev–Trinajstić information content (AvgIpc) is 3.05. The maximum absolute atomic E-state index is 13.7. The van der Waals surface area contributed by atoms with Gasteiger partial charge in [-0.2, -0.15) is 4.98 Å². The Morgan fingerprint density at radius 1 is 1.11 bits per heavy atom. The number of amides is 2. The molecule has 0 radical (unpaired) electrons. The van der Waals surface area contributed by atoms with Gasteiger partial charge in [-0.25, -0.2) is 9.78 Å². The molecule has 0 saturated carbocycles. The topological polar surface area (TPSA) is 109 Å². The number of aromatic nitrogens is 2. The van der Waals surface area contributed by atoms with E-state index in [1.807, 2.05) is 73.5 Å². The Hall–Kier alpha value is -4.34. The average molecular weight is 505 g/mol. The third kappa shape index (κ3) is 6.08. The molecule has 1 aliphatic rings. The van der Waals surface area contributed by atoms with E-state index in [4.69, 9.17) is 9.47 Å². The molecule has 37 heavy (non-hydrogen) atoms. The molecule has 3 aromatic rings. The second-order valence-electron chi connectivity index (χ2n) is 8.50. The number of nitrogens with one attached hydrogen (secondary N) is 2. The van der Waals surface area contributed by atoms with E-state index in [0.29, 0.717) is 54.8 Å². The SMILES string of the molecule is CCNc1ncc2c(n1)N(C)CCN(c1ccccc1OC(CCOC(=O)NC)c1ccccc1)C2=O. The van der Waals surface area contributed by atoms with Crippen molar-refractivity contribution in [2.24, 2.45) is 0 Å². The number of ether oxygens (including phenoxy) is 2. The Morgan fingerprint density at radius 3 is 2.62 bits per heavy atom. The van der Waals surface area contributed by atoms with Crippen LogP contribution in [0, 0.1) is 0 Å². The maximum atomic E-state index is 13.7. The highest BCUT2D eigenvalue weighted by Gasteiger charge is 2.30. The van der Waals surface area contributed by atoms with Crippen LogP contribution >= 0.6 is 0 Å². The number of hydrogen-bond acceptors (Lipinski definition) is 8. The van der Waals surface area contributed by atoms with Gasteiger partial charge in [-0.1, -0.05) is 42.5 Å². The van der Waals surface area contributed by atoms with Gasteiger partial charge in [0.15, 0.2) is 0 Å². The van der Waals surface area contributed by atoms with Gasteiger partial charge in [0, 0.05) is 46.3 Å². The Labute approximate surface area is 216 Å². The van der Waals surface area contributed by atoms with Crippen LogP contribution in [0.3, 0.4) is 0 Å². The normalized spacial score (nSPS) is 13.9. The molecule has 194 valence electrons. The van der Waals surface area contributed by atoms with E-state index in [-0.39, 0.29) is 12.5 Å². The molecule has 4 rings (SSSR count). The number of hydrogen-bond donors (Lipinski definition) is 2. The van der Waals surface area contributed by atoms with Crippen molar-refractivity contribution in [2.75, 3.05) is 55.5 Å². The van der Waals surface area contributed by atoms with E-state index in [9.17, 15) is 9.59 Å². The molecular formula is C27H32N6O4. The second kappa shape index (κ2) is 12.1. The molecular weight excluding hydrogens is 472 g/mol. The summed E-state index contributed by atoms with van der Waals surface area (Å²) in [5, 5.41) is 5.55. The highest BCUT2D eigenvalue weighted by molar-refractivity contribution is 6.10. The van der Waals surface area contributed by atoms with E-state index in [1.54, 1.807) is 11.1 Å². The molecule has 0 fully saturated rings. The molecule has 0 aliphatic carbocycles. The Bertz CT molecular complexity index is 1220. The number of likely N-dealkylation sites (N-methyl/N-ethyl adjacent to an activating group) is 1. The predicted octanol–water partition coefficient (Wildman–Crippen LogP) is 3.87. The first-order valence-corrected chi connectivity index (χ1v) is 12.3. The fourth-order valence-corrected chi connectivity index (χ4v) is 4.12.